The van der Waals surface area contributed by atoms with Crippen LogP contribution in [0.1, 0.15) is 34.6 Å². The molecule has 0 spiro atoms. The molecule has 110 valence electrons. The molecule has 0 unspecified atom stereocenters. The molecule has 0 N–H and O–H groups in total. The maximum atomic E-state index is 11.2. The number of ether oxygens (including phenoxy) is 2. The summed E-state index contributed by atoms with van der Waals surface area (Å²) in [5.41, 5.74) is 0. The van der Waals surface area contributed by atoms with E-state index in [-0.39, 0.29) is 24.3 Å². The van der Waals surface area contributed by atoms with E-state index in [1.54, 1.807) is 6.26 Å². The molecule has 0 amide bonds. The Kier molecular flexibility index (Phi) is 6.07. The molecule has 0 aromatic rings. The van der Waals surface area contributed by atoms with Crippen molar-refractivity contribution < 1.29 is 18.7 Å². The predicted molar refractivity (Wildman–Crippen MR) is 77.3 cm³/mol. The summed E-state index contributed by atoms with van der Waals surface area (Å²) in [6, 6.07) is 3.23. The zero-order chi connectivity index (χ0) is 14.5. The summed E-state index contributed by atoms with van der Waals surface area (Å²) in [7, 11) is -1.73. The molecule has 0 radical (unpaired) electrons. The van der Waals surface area contributed by atoms with Gasteiger partial charge in [-0.1, -0.05) is 20.8 Å². The quantitative estimate of drug-likeness (QED) is 0.555. The van der Waals surface area contributed by atoms with Gasteiger partial charge in [0.2, 0.25) is 0 Å². The van der Waals surface area contributed by atoms with Crippen molar-refractivity contribution >= 4 is 14.3 Å². The van der Waals surface area contributed by atoms with Gasteiger partial charge in [0.25, 0.3) is 0 Å². The standard InChI is InChI=1S/C14H26O4Si/c1-6-19(7-2,8-3)18-13-9-10-16-11(4)14(13)17-12(5)15/h9-11,13-14H,6-8H2,1-5H3/t11-,13-,14+/m1/s1. The lowest BCUT2D eigenvalue weighted by Gasteiger charge is -2.38. The molecular weight excluding hydrogens is 260 g/mol. The van der Waals surface area contributed by atoms with Gasteiger partial charge in [0, 0.05) is 6.92 Å². The minimum absolute atomic E-state index is 0.170. The highest BCUT2D eigenvalue weighted by molar-refractivity contribution is 6.73. The Labute approximate surface area is 117 Å². The van der Waals surface area contributed by atoms with Crippen molar-refractivity contribution in [1.82, 2.24) is 0 Å². The maximum Gasteiger partial charge on any atom is 0.303 e. The van der Waals surface area contributed by atoms with Gasteiger partial charge in [-0.2, -0.15) is 0 Å². The van der Waals surface area contributed by atoms with Crippen LogP contribution in [0.25, 0.3) is 0 Å². The summed E-state index contributed by atoms with van der Waals surface area (Å²) in [4.78, 5) is 11.2. The van der Waals surface area contributed by atoms with Gasteiger partial charge in [0.05, 0.1) is 6.26 Å². The van der Waals surface area contributed by atoms with Crippen LogP contribution in [-0.2, 0) is 18.7 Å². The Morgan fingerprint density at radius 2 is 1.84 bits per heavy atom. The molecule has 4 nitrogen and oxygen atoms in total. The zero-order valence-corrected chi connectivity index (χ0v) is 13.6. The van der Waals surface area contributed by atoms with Crippen LogP contribution in [0.5, 0.6) is 0 Å². The summed E-state index contributed by atoms with van der Waals surface area (Å²) >= 11 is 0. The molecule has 0 aromatic heterocycles. The van der Waals surface area contributed by atoms with Crippen LogP contribution in [-0.4, -0.2) is 32.6 Å². The Bertz CT molecular complexity index is 317. The first-order valence-electron chi connectivity index (χ1n) is 7.15. The number of carbonyl (C=O) groups excluding carboxylic acids is 1. The van der Waals surface area contributed by atoms with Crippen LogP contribution in [0, 0.1) is 0 Å². The molecule has 1 aliphatic heterocycles. The van der Waals surface area contributed by atoms with Gasteiger partial charge < -0.3 is 13.9 Å². The molecule has 0 fully saturated rings. The predicted octanol–water partition coefficient (Wildman–Crippen LogP) is 3.24. The first kappa shape index (κ1) is 16.2. The van der Waals surface area contributed by atoms with E-state index in [1.807, 2.05) is 13.0 Å². The number of esters is 1. The van der Waals surface area contributed by atoms with E-state index < -0.39 is 8.32 Å². The third-order valence-corrected chi connectivity index (χ3v) is 8.61. The SMILES string of the molecule is CC[Si](CC)(CC)O[C@@H]1C=CO[C@H](C)[C@@H]1OC(C)=O. The van der Waals surface area contributed by atoms with E-state index in [0.29, 0.717) is 0 Å². The summed E-state index contributed by atoms with van der Waals surface area (Å²) in [6.07, 6.45) is 2.83. The zero-order valence-electron chi connectivity index (χ0n) is 12.6. The van der Waals surface area contributed by atoms with Gasteiger partial charge >= 0.3 is 5.97 Å². The molecule has 5 heteroatoms. The molecule has 0 saturated carbocycles. The molecule has 1 aliphatic rings. The average molecular weight is 286 g/mol. The van der Waals surface area contributed by atoms with Crippen molar-refractivity contribution in [1.29, 1.82) is 0 Å². The van der Waals surface area contributed by atoms with Crippen LogP contribution in [0.15, 0.2) is 12.3 Å². The molecular formula is C14H26O4Si. The van der Waals surface area contributed by atoms with E-state index in [4.69, 9.17) is 13.9 Å². The van der Waals surface area contributed by atoms with Gasteiger partial charge in [0.1, 0.15) is 12.2 Å². The summed E-state index contributed by atoms with van der Waals surface area (Å²) < 4.78 is 17.2. The molecule has 0 saturated heterocycles. The third kappa shape index (κ3) is 4.08. The fourth-order valence-electron chi connectivity index (χ4n) is 2.45. The van der Waals surface area contributed by atoms with E-state index in [1.165, 1.54) is 6.92 Å². The van der Waals surface area contributed by atoms with Crippen molar-refractivity contribution in [3.05, 3.63) is 12.3 Å². The maximum absolute atomic E-state index is 11.2. The smallest absolute Gasteiger partial charge is 0.303 e. The molecule has 1 heterocycles. The molecule has 0 bridgehead atoms. The Morgan fingerprint density at radius 3 is 2.32 bits per heavy atom. The van der Waals surface area contributed by atoms with Gasteiger partial charge in [-0.15, -0.1) is 0 Å². The summed E-state index contributed by atoms with van der Waals surface area (Å²) in [5, 5.41) is 0. The van der Waals surface area contributed by atoms with Crippen LogP contribution in [0.3, 0.4) is 0 Å². The second-order valence-electron chi connectivity index (χ2n) is 5.07. The second kappa shape index (κ2) is 7.10. The van der Waals surface area contributed by atoms with E-state index in [0.717, 1.165) is 18.1 Å². The number of hydrogen-bond acceptors (Lipinski definition) is 4. The molecule has 19 heavy (non-hydrogen) atoms. The third-order valence-electron chi connectivity index (χ3n) is 3.97. The summed E-state index contributed by atoms with van der Waals surface area (Å²) in [6.45, 7) is 9.89. The second-order valence-corrected chi connectivity index (χ2v) is 9.79. The Morgan fingerprint density at radius 1 is 1.26 bits per heavy atom. The Balaban J connectivity index is 2.85. The molecule has 0 aromatic carbocycles. The van der Waals surface area contributed by atoms with E-state index in [2.05, 4.69) is 20.8 Å². The minimum atomic E-state index is -1.73. The molecule has 0 aliphatic carbocycles. The fraction of sp³-hybridized carbons (Fsp3) is 0.786. The highest BCUT2D eigenvalue weighted by Crippen LogP contribution is 2.28. The van der Waals surface area contributed by atoms with Crippen molar-refractivity contribution in [3.8, 4) is 0 Å². The van der Waals surface area contributed by atoms with Crippen LogP contribution >= 0.6 is 0 Å². The topological polar surface area (TPSA) is 44.8 Å². The minimum Gasteiger partial charge on any atom is -0.495 e. The van der Waals surface area contributed by atoms with E-state index in [9.17, 15) is 4.79 Å². The average Bonchev–Trinajstić information content (AvgIpc) is 2.39. The number of hydrogen-bond donors (Lipinski definition) is 0. The van der Waals surface area contributed by atoms with Crippen molar-refractivity contribution in [2.75, 3.05) is 0 Å². The monoisotopic (exact) mass is 286 g/mol. The fourth-order valence-corrected chi connectivity index (χ4v) is 5.24. The summed E-state index contributed by atoms with van der Waals surface area (Å²) in [5.74, 6) is -0.291. The lowest BCUT2D eigenvalue weighted by molar-refractivity contribution is -0.159. The lowest BCUT2D eigenvalue weighted by atomic mass is 10.1. The van der Waals surface area contributed by atoms with Crippen LogP contribution < -0.4 is 0 Å². The van der Waals surface area contributed by atoms with Crippen molar-refractivity contribution in [2.24, 2.45) is 0 Å². The Hall–Kier alpha value is -0.813. The lowest BCUT2D eigenvalue weighted by Crippen LogP contribution is -2.49. The van der Waals surface area contributed by atoms with Gasteiger partial charge in [0.15, 0.2) is 14.4 Å². The first-order valence-corrected chi connectivity index (χ1v) is 9.68. The largest absolute Gasteiger partial charge is 0.495 e. The molecule has 3 atom stereocenters. The highest BCUT2D eigenvalue weighted by Gasteiger charge is 2.39. The van der Waals surface area contributed by atoms with Crippen molar-refractivity contribution in [2.45, 2.75) is 71.1 Å². The molecule has 1 rings (SSSR count). The van der Waals surface area contributed by atoms with Gasteiger partial charge in [-0.3, -0.25) is 4.79 Å². The highest BCUT2D eigenvalue weighted by atomic mass is 28.4. The first-order chi connectivity index (χ1) is 8.98. The van der Waals surface area contributed by atoms with Crippen LogP contribution in [0.4, 0.5) is 0 Å². The van der Waals surface area contributed by atoms with E-state index >= 15 is 0 Å². The van der Waals surface area contributed by atoms with Gasteiger partial charge in [-0.05, 0) is 31.1 Å². The number of rotatable bonds is 6. The van der Waals surface area contributed by atoms with Crippen LogP contribution in [0.2, 0.25) is 18.1 Å². The van der Waals surface area contributed by atoms with Gasteiger partial charge in [-0.25, -0.2) is 0 Å². The van der Waals surface area contributed by atoms with Crippen molar-refractivity contribution in [3.63, 3.8) is 0 Å². The number of carbonyl (C=O) groups is 1. The normalized spacial score (nSPS) is 26.9.